The van der Waals surface area contributed by atoms with Crippen LogP contribution in [0.15, 0.2) is 12.2 Å². The first-order valence-corrected chi connectivity index (χ1v) is 10.6. The summed E-state index contributed by atoms with van der Waals surface area (Å²) < 4.78 is 11.1. The SMILES string of the molecule is CC=CC(=O)OCCC[Si](C)(C)OCCCCCC. The Hall–Kier alpha value is -0.613. The van der Waals surface area contributed by atoms with Gasteiger partial charge in [0, 0.05) is 12.7 Å². The largest absolute Gasteiger partial charge is 0.463 e. The van der Waals surface area contributed by atoms with E-state index >= 15 is 0 Å². The Morgan fingerprint density at radius 1 is 1.11 bits per heavy atom. The van der Waals surface area contributed by atoms with Gasteiger partial charge < -0.3 is 9.16 Å². The van der Waals surface area contributed by atoms with Gasteiger partial charge in [-0.05, 0) is 38.9 Å². The van der Waals surface area contributed by atoms with Crippen molar-refractivity contribution in [1.29, 1.82) is 0 Å². The van der Waals surface area contributed by atoms with E-state index in [0.29, 0.717) is 6.61 Å². The Kier molecular flexibility index (Phi) is 10.9. The average molecular weight is 286 g/mol. The number of carbonyl (C=O) groups is 1. The maximum absolute atomic E-state index is 11.1. The molecule has 0 aromatic heterocycles. The molecule has 19 heavy (non-hydrogen) atoms. The summed E-state index contributed by atoms with van der Waals surface area (Å²) in [6.45, 7) is 9.88. The summed E-state index contributed by atoms with van der Waals surface area (Å²) >= 11 is 0. The molecule has 0 aliphatic heterocycles. The van der Waals surface area contributed by atoms with E-state index in [0.717, 1.165) is 19.1 Å². The van der Waals surface area contributed by atoms with Crippen LogP contribution in [0, 0.1) is 0 Å². The lowest BCUT2D eigenvalue weighted by atomic mass is 10.2. The Balaban J connectivity index is 3.58. The van der Waals surface area contributed by atoms with Gasteiger partial charge in [-0.25, -0.2) is 4.79 Å². The summed E-state index contributed by atoms with van der Waals surface area (Å²) in [5, 5.41) is 0. The highest BCUT2D eigenvalue weighted by Crippen LogP contribution is 2.15. The van der Waals surface area contributed by atoms with E-state index in [-0.39, 0.29) is 5.97 Å². The third-order valence-electron chi connectivity index (χ3n) is 2.96. The summed E-state index contributed by atoms with van der Waals surface area (Å²) in [6, 6.07) is 1.05. The van der Waals surface area contributed by atoms with Gasteiger partial charge in [-0.15, -0.1) is 0 Å². The molecule has 0 heterocycles. The first-order chi connectivity index (χ1) is 9.02. The average Bonchev–Trinajstić information content (AvgIpc) is 2.35. The predicted molar refractivity (Wildman–Crippen MR) is 82.8 cm³/mol. The maximum atomic E-state index is 11.1. The molecule has 0 rings (SSSR count). The molecule has 0 saturated carbocycles. The summed E-state index contributed by atoms with van der Waals surface area (Å²) in [7, 11) is -1.56. The van der Waals surface area contributed by atoms with Crippen LogP contribution in [0.4, 0.5) is 0 Å². The van der Waals surface area contributed by atoms with Crippen molar-refractivity contribution >= 4 is 14.3 Å². The van der Waals surface area contributed by atoms with Gasteiger partial charge in [0.2, 0.25) is 0 Å². The minimum atomic E-state index is -1.56. The van der Waals surface area contributed by atoms with Gasteiger partial charge in [-0.3, -0.25) is 0 Å². The van der Waals surface area contributed by atoms with Crippen molar-refractivity contribution in [3.63, 3.8) is 0 Å². The van der Waals surface area contributed by atoms with Gasteiger partial charge >= 0.3 is 5.97 Å². The molecule has 0 fully saturated rings. The second kappa shape index (κ2) is 11.2. The summed E-state index contributed by atoms with van der Waals surface area (Å²) in [4.78, 5) is 11.1. The molecule has 0 radical (unpaired) electrons. The molecule has 0 aliphatic carbocycles. The van der Waals surface area contributed by atoms with Crippen molar-refractivity contribution in [2.45, 2.75) is 65.1 Å². The minimum absolute atomic E-state index is 0.248. The lowest BCUT2D eigenvalue weighted by Gasteiger charge is -2.22. The zero-order valence-corrected chi connectivity index (χ0v) is 14.0. The van der Waals surface area contributed by atoms with E-state index in [2.05, 4.69) is 20.0 Å². The Bertz CT molecular complexity index is 262. The number of esters is 1. The Morgan fingerprint density at radius 2 is 1.84 bits per heavy atom. The van der Waals surface area contributed by atoms with E-state index in [1.165, 1.54) is 31.8 Å². The number of hydrogen-bond acceptors (Lipinski definition) is 3. The van der Waals surface area contributed by atoms with Crippen molar-refractivity contribution in [2.75, 3.05) is 13.2 Å². The number of hydrogen-bond donors (Lipinski definition) is 0. The quantitative estimate of drug-likeness (QED) is 0.246. The fraction of sp³-hybridized carbons (Fsp3) is 0.800. The Morgan fingerprint density at radius 3 is 2.47 bits per heavy atom. The fourth-order valence-electron chi connectivity index (χ4n) is 1.80. The summed E-state index contributed by atoms with van der Waals surface area (Å²) in [5.74, 6) is -0.248. The monoisotopic (exact) mass is 286 g/mol. The molecule has 0 atom stereocenters. The van der Waals surface area contributed by atoms with Gasteiger partial charge in [0.15, 0.2) is 8.32 Å². The maximum Gasteiger partial charge on any atom is 0.330 e. The van der Waals surface area contributed by atoms with E-state index in [9.17, 15) is 4.79 Å². The fourth-order valence-corrected chi connectivity index (χ4v) is 3.64. The topological polar surface area (TPSA) is 35.5 Å². The van der Waals surface area contributed by atoms with Gasteiger partial charge in [-0.2, -0.15) is 0 Å². The van der Waals surface area contributed by atoms with Gasteiger partial charge in [-0.1, -0.05) is 32.3 Å². The van der Waals surface area contributed by atoms with E-state index < -0.39 is 8.32 Å². The van der Waals surface area contributed by atoms with Crippen molar-refractivity contribution in [3.8, 4) is 0 Å². The normalized spacial score (nSPS) is 12.0. The second-order valence-corrected chi connectivity index (χ2v) is 9.75. The first-order valence-electron chi connectivity index (χ1n) is 7.45. The molecule has 3 nitrogen and oxygen atoms in total. The van der Waals surface area contributed by atoms with Crippen LogP contribution in [0.5, 0.6) is 0 Å². The van der Waals surface area contributed by atoms with Crippen LogP contribution >= 0.6 is 0 Å². The molecule has 0 aromatic carbocycles. The van der Waals surface area contributed by atoms with Crippen LogP contribution < -0.4 is 0 Å². The van der Waals surface area contributed by atoms with Crippen molar-refractivity contribution in [1.82, 2.24) is 0 Å². The molecule has 4 heteroatoms. The van der Waals surface area contributed by atoms with Crippen molar-refractivity contribution in [2.24, 2.45) is 0 Å². The zero-order chi connectivity index (χ0) is 14.6. The molecule has 0 aliphatic rings. The van der Waals surface area contributed by atoms with Crippen molar-refractivity contribution in [3.05, 3.63) is 12.2 Å². The van der Waals surface area contributed by atoms with Crippen molar-refractivity contribution < 1.29 is 14.0 Å². The summed E-state index contributed by atoms with van der Waals surface area (Å²) in [5.41, 5.74) is 0. The van der Waals surface area contributed by atoms with Crippen LogP contribution in [-0.2, 0) is 14.0 Å². The molecule has 0 aromatic rings. The van der Waals surface area contributed by atoms with Crippen LogP contribution in [-0.4, -0.2) is 27.5 Å². The third-order valence-corrected chi connectivity index (χ3v) is 5.50. The Labute approximate surface area is 119 Å². The standard InChI is InChI=1S/C15H30O3Si/c1-5-7-8-9-13-18-19(3,4)14-10-12-17-15(16)11-6-2/h6,11H,5,7-10,12-14H2,1-4H3. The third kappa shape index (κ3) is 12.2. The minimum Gasteiger partial charge on any atom is -0.463 e. The highest BCUT2D eigenvalue weighted by Gasteiger charge is 2.21. The number of unbranched alkanes of at least 4 members (excludes halogenated alkanes) is 3. The molecule has 0 unspecified atom stereocenters. The van der Waals surface area contributed by atoms with E-state index in [1.54, 1.807) is 6.08 Å². The number of carbonyl (C=O) groups excluding carboxylic acids is 1. The van der Waals surface area contributed by atoms with Crippen LogP contribution in [0.1, 0.15) is 46.0 Å². The van der Waals surface area contributed by atoms with Gasteiger partial charge in [0.25, 0.3) is 0 Å². The zero-order valence-electron chi connectivity index (χ0n) is 13.0. The van der Waals surface area contributed by atoms with Gasteiger partial charge in [0.1, 0.15) is 0 Å². The highest BCUT2D eigenvalue weighted by molar-refractivity contribution is 6.71. The smallest absolute Gasteiger partial charge is 0.330 e. The van der Waals surface area contributed by atoms with E-state index in [1.807, 2.05) is 6.92 Å². The molecular weight excluding hydrogens is 256 g/mol. The molecule has 112 valence electrons. The molecule has 0 saturated heterocycles. The second-order valence-electron chi connectivity index (χ2n) is 5.44. The molecule has 0 amide bonds. The molecule has 0 N–H and O–H groups in total. The lowest BCUT2D eigenvalue weighted by molar-refractivity contribution is -0.137. The predicted octanol–water partition coefficient (Wildman–Crippen LogP) is 4.30. The van der Waals surface area contributed by atoms with E-state index in [4.69, 9.17) is 9.16 Å². The van der Waals surface area contributed by atoms with Crippen LogP contribution in [0.3, 0.4) is 0 Å². The number of rotatable bonds is 11. The van der Waals surface area contributed by atoms with Gasteiger partial charge in [0.05, 0.1) is 6.61 Å². The van der Waals surface area contributed by atoms with Crippen LogP contribution in [0.25, 0.3) is 0 Å². The number of allylic oxidation sites excluding steroid dienone is 1. The van der Waals surface area contributed by atoms with Crippen LogP contribution in [0.2, 0.25) is 19.1 Å². The summed E-state index contributed by atoms with van der Waals surface area (Å²) in [6.07, 6.45) is 9.04. The highest BCUT2D eigenvalue weighted by atomic mass is 28.4. The lowest BCUT2D eigenvalue weighted by Crippen LogP contribution is -2.31. The molecule has 0 bridgehead atoms. The molecular formula is C15H30O3Si. The number of ether oxygens (including phenoxy) is 1. The molecule has 0 spiro atoms. The first kappa shape index (κ1) is 18.4.